The molecule has 7 heteroatoms. The second kappa shape index (κ2) is 7.01. The summed E-state index contributed by atoms with van der Waals surface area (Å²) in [4.78, 5) is 19.3. The Morgan fingerprint density at radius 3 is 2.67 bits per heavy atom. The fourth-order valence-electron chi connectivity index (χ4n) is 2.60. The molecule has 0 radical (unpaired) electrons. The van der Waals surface area contributed by atoms with Crippen LogP contribution in [0.3, 0.4) is 0 Å². The maximum Gasteiger partial charge on any atom is 0.288 e. The molecule has 3 aromatic carbocycles. The standard InChI is InChI=1S/C20H12ClN3O3/c21-16-8-6-13(10-18(16)24(25)26)12-22-15-7-9-17-19(11-15)27-20(23-17)14-4-2-1-3-5-14/h1-12H. The molecule has 0 bridgehead atoms. The number of fused-ring (bicyclic) bond motifs is 1. The highest BCUT2D eigenvalue weighted by molar-refractivity contribution is 6.32. The zero-order valence-electron chi connectivity index (χ0n) is 13.9. The van der Waals surface area contributed by atoms with Gasteiger partial charge in [-0.2, -0.15) is 0 Å². The van der Waals surface area contributed by atoms with E-state index < -0.39 is 4.92 Å². The van der Waals surface area contributed by atoms with Gasteiger partial charge in [-0.25, -0.2) is 4.98 Å². The fourth-order valence-corrected chi connectivity index (χ4v) is 2.78. The molecule has 0 saturated heterocycles. The van der Waals surface area contributed by atoms with Crippen molar-refractivity contribution in [2.75, 3.05) is 0 Å². The van der Waals surface area contributed by atoms with Gasteiger partial charge in [-0.1, -0.05) is 35.9 Å². The maximum absolute atomic E-state index is 11.0. The molecule has 6 nitrogen and oxygen atoms in total. The summed E-state index contributed by atoms with van der Waals surface area (Å²) >= 11 is 5.82. The van der Waals surface area contributed by atoms with Crippen molar-refractivity contribution in [3.05, 3.63) is 87.4 Å². The molecule has 0 atom stereocenters. The van der Waals surface area contributed by atoms with E-state index in [9.17, 15) is 10.1 Å². The van der Waals surface area contributed by atoms with Gasteiger partial charge in [0.15, 0.2) is 5.58 Å². The third kappa shape index (κ3) is 3.56. The number of halogens is 1. The van der Waals surface area contributed by atoms with Crippen LogP contribution in [-0.4, -0.2) is 16.1 Å². The number of hydrogen-bond acceptors (Lipinski definition) is 5. The number of aromatic nitrogens is 1. The Hall–Kier alpha value is -3.51. The molecule has 0 fully saturated rings. The van der Waals surface area contributed by atoms with E-state index in [1.54, 1.807) is 24.4 Å². The van der Waals surface area contributed by atoms with Crippen molar-refractivity contribution in [1.82, 2.24) is 4.98 Å². The molecule has 0 unspecified atom stereocenters. The molecule has 1 aromatic heterocycles. The Morgan fingerprint density at radius 2 is 1.89 bits per heavy atom. The monoisotopic (exact) mass is 377 g/mol. The van der Waals surface area contributed by atoms with Gasteiger partial charge in [0.1, 0.15) is 10.5 Å². The molecule has 0 N–H and O–H groups in total. The van der Waals surface area contributed by atoms with Crippen molar-refractivity contribution in [3.63, 3.8) is 0 Å². The number of hydrogen-bond donors (Lipinski definition) is 0. The van der Waals surface area contributed by atoms with Crippen LogP contribution < -0.4 is 0 Å². The predicted molar refractivity (Wildman–Crippen MR) is 105 cm³/mol. The molecular formula is C20H12ClN3O3. The number of rotatable bonds is 4. The molecule has 27 heavy (non-hydrogen) atoms. The van der Waals surface area contributed by atoms with Gasteiger partial charge in [0.25, 0.3) is 5.69 Å². The Morgan fingerprint density at radius 1 is 1.07 bits per heavy atom. The molecular weight excluding hydrogens is 366 g/mol. The molecule has 4 aromatic rings. The molecule has 0 aliphatic carbocycles. The van der Waals surface area contributed by atoms with Gasteiger partial charge >= 0.3 is 0 Å². The van der Waals surface area contributed by atoms with Crippen molar-refractivity contribution in [1.29, 1.82) is 0 Å². The lowest BCUT2D eigenvalue weighted by molar-refractivity contribution is -0.384. The van der Waals surface area contributed by atoms with Gasteiger partial charge < -0.3 is 4.42 Å². The van der Waals surface area contributed by atoms with E-state index in [2.05, 4.69) is 9.98 Å². The summed E-state index contributed by atoms with van der Waals surface area (Å²) in [6.07, 6.45) is 1.54. The summed E-state index contributed by atoms with van der Waals surface area (Å²) < 4.78 is 5.82. The predicted octanol–water partition coefficient (Wildman–Crippen LogP) is 5.81. The minimum Gasteiger partial charge on any atom is -0.436 e. The zero-order chi connectivity index (χ0) is 18.8. The topological polar surface area (TPSA) is 81.5 Å². The van der Waals surface area contributed by atoms with E-state index in [0.29, 0.717) is 22.7 Å². The first-order chi connectivity index (χ1) is 13.1. The van der Waals surface area contributed by atoms with Crippen LogP contribution in [-0.2, 0) is 0 Å². The molecule has 0 aliphatic heterocycles. The van der Waals surface area contributed by atoms with Gasteiger partial charge in [-0.3, -0.25) is 15.1 Å². The van der Waals surface area contributed by atoms with Crippen molar-refractivity contribution in [2.24, 2.45) is 4.99 Å². The average Bonchev–Trinajstić information content (AvgIpc) is 3.11. The lowest BCUT2D eigenvalue weighted by Gasteiger charge is -1.97. The van der Waals surface area contributed by atoms with Crippen LogP contribution in [0.1, 0.15) is 5.56 Å². The summed E-state index contributed by atoms with van der Waals surface area (Å²) in [7, 11) is 0. The van der Waals surface area contributed by atoms with E-state index in [1.165, 1.54) is 12.1 Å². The minimum atomic E-state index is -0.522. The molecule has 1 heterocycles. The first-order valence-corrected chi connectivity index (χ1v) is 8.42. The van der Waals surface area contributed by atoms with Gasteiger partial charge in [0.2, 0.25) is 5.89 Å². The van der Waals surface area contributed by atoms with Gasteiger partial charge in [-0.05, 0) is 35.9 Å². The van der Waals surface area contributed by atoms with Crippen LogP contribution in [0.2, 0.25) is 5.02 Å². The summed E-state index contributed by atoms with van der Waals surface area (Å²) in [5.74, 6) is 0.542. The minimum absolute atomic E-state index is 0.0914. The van der Waals surface area contributed by atoms with E-state index >= 15 is 0 Å². The summed E-state index contributed by atoms with van der Waals surface area (Å²) in [5, 5.41) is 11.1. The number of nitrogens with zero attached hydrogens (tertiary/aromatic N) is 3. The van der Waals surface area contributed by atoms with Crippen LogP contribution in [0.25, 0.3) is 22.6 Å². The maximum atomic E-state index is 11.0. The fraction of sp³-hybridized carbons (Fsp3) is 0. The van der Waals surface area contributed by atoms with Crippen molar-refractivity contribution in [3.8, 4) is 11.5 Å². The number of oxazole rings is 1. The highest BCUT2D eigenvalue weighted by Crippen LogP contribution is 2.28. The van der Waals surface area contributed by atoms with Crippen LogP contribution >= 0.6 is 11.6 Å². The largest absolute Gasteiger partial charge is 0.436 e. The van der Waals surface area contributed by atoms with Crippen molar-refractivity contribution < 1.29 is 9.34 Å². The second-order valence-electron chi connectivity index (χ2n) is 5.76. The summed E-state index contributed by atoms with van der Waals surface area (Å²) in [6, 6.07) is 19.6. The number of benzene rings is 3. The third-order valence-electron chi connectivity index (χ3n) is 3.92. The Bertz CT molecular complexity index is 1170. The number of nitro benzene ring substituents is 1. The Balaban J connectivity index is 1.64. The first kappa shape index (κ1) is 16.9. The van der Waals surface area contributed by atoms with E-state index in [-0.39, 0.29) is 10.7 Å². The summed E-state index contributed by atoms with van der Waals surface area (Å²) in [6.45, 7) is 0. The van der Waals surface area contributed by atoms with Crippen LogP contribution in [0, 0.1) is 10.1 Å². The molecule has 132 valence electrons. The van der Waals surface area contributed by atoms with E-state index in [1.807, 2.05) is 36.4 Å². The summed E-state index contributed by atoms with van der Waals surface area (Å²) in [5.41, 5.74) is 3.32. The smallest absolute Gasteiger partial charge is 0.288 e. The Labute approximate surface area is 158 Å². The quantitative estimate of drug-likeness (QED) is 0.255. The molecule has 0 spiro atoms. The highest BCUT2D eigenvalue weighted by atomic mass is 35.5. The molecule has 0 amide bonds. The average molecular weight is 378 g/mol. The molecule has 0 saturated carbocycles. The second-order valence-corrected chi connectivity index (χ2v) is 6.17. The van der Waals surface area contributed by atoms with Gasteiger partial charge in [-0.15, -0.1) is 0 Å². The van der Waals surface area contributed by atoms with Crippen LogP contribution in [0.15, 0.2) is 76.1 Å². The van der Waals surface area contributed by atoms with E-state index in [0.717, 1.165) is 11.1 Å². The lowest BCUT2D eigenvalue weighted by atomic mass is 10.2. The van der Waals surface area contributed by atoms with Crippen LogP contribution in [0.5, 0.6) is 0 Å². The van der Waals surface area contributed by atoms with Crippen molar-refractivity contribution in [2.45, 2.75) is 0 Å². The number of nitro groups is 1. The SMILES string of the molecule is O=[N+]([O-])c1cc(C=Nc2ccc3nc(-c4ccccc4)oc3c2)ccc1Cl. The first-order valence-electron chi connectivity index (χ1n) is 8.04. The highest BCUT2D eigenvalue weighted by Gasteiger charge is 2.12. The molecule has 4 rings (SSSR count). The van der Waals surface area contributed by atoms with Gasteiger partial charge in [0.05, 0.1) is 10.6 Å². The van der Waals surface area contributed by atoms with E-state index in [4.69, 9.17) is 16.0 Å². The third-order valence-corrected chi connectivity index (χ3v) is 4.24. The lowest BCUT2D eigenvalue weighted by Crippen LogP contribution is -1.91. The van der Waals surface area contributed by atoms with Gasteiger partial charge in [0, 0.05) is 23.9 Å². The number of aliphatic imine (C=N–C) groups is 1. The van der Waals surface area contributed by atoms with Crippen LogP contribution in [0.4, 0.5) is 11.4 Å². The van der Waals surface area contributed by atoms with Crippen molar-refractivity contribution >= 4 is 40.3 Å². The normalized spacial score (nSPS) is 11.3. The zero-order valence-corrected chi connectivity index (χ0v) is 14.6. The molecule has 0 aliphatic rings. The Kier molecular flexibility index (Phi) is 4.40.